The number of aryl methyl sites for hydroxylation is 1. The summed E-state index contributed by atoms with van der Waals surface area (Å²) in [5.74, 6) is 1.16. The minimum atomic E-state index is -0.230. The predicted molar refractivity (Wildman–Crippen MR) is 112 cm³/mol. The van der Waals surface area contributed by atoms with Crippen molar-refractivity contribution >= 4 is 11.8 Å². The van der Waals surface area contributed by atoms with Gasteiger partial charge < -0.3 is 15.0 Å². The van der Waals surface area contributed by atoms with Crippen molar-refractivity contribution in [3.05, 3.63) is 17.0 Å². The van der Waals surface area contributed by atoms with Gasteiger partial charge in [0.1, 0.15) is 0 Å². The standard InChI is InChI=1S/C23H34N4O3/c1-26-19-13-23(9-11-27(12-10-23)22(29)17-5-3-2-4-6-17)30-15-18(19)20(25-26)21(28)24-14-16-7-8-16/h16-17H,2-15H2,1H3,(H,24,28). The van der Waals surface area contributed by atoms with E-state index in [0.717, 1.165) is 63.0 Å². The van der Waals surface area contributed by atoms with Gasteiger partial charge in [-0.1, -0.05) is 19.3 Å². The summed E-state index contributed by atoms with van der Waals surface area (Å²) in [4.78, 5) is 27.6. The number of carbonyl (C=O) groups is 2. The lowest BCUT2D eigenvalue weighted by Crippen LogP contribution is -2.52. The molecule has 5 rings (SSSR count). The molecule has 164 valence electrons. The third-order valence-electron chi connectivity index (χ3n) is 7.69. The molecule has 7 nitrogen and oxygen atoms in total. The van der Waals surface area contributed by atoms with Gasteiger partial charge in [-0.2, -0.15) is 5.10 Å². The van der Waals surface area contributed by atoms with Crippen LogP contribution in [0, 0.1) is 11.8 Å². The van der Waals surface area contributed by atoms with Crippen LogP contribution in [0.4, 0.5) is 0 Å². The van der Waals surface area contributed by atoms with Crippen LogP contribution in [-0.2, 0) is 29.6 Å². The fourth-order valence-electron chi connectivity index (χ4n) is 5.45. The Balaban J connectivity index is 1.22. The highest BCUT2D eigenvalue weighted by Gasteiger charge is 2.43. The summed E-state index contributed by atoms with van der Waals surface area (Å²) in [5.41, 5.74) is 2.35. The number of carbonyl (C=O) groups excluding carboxylic acids is 2. The van der Waals surface area contributed by atoms with Crippen molar-refractivity contribution < 1.29 is 14.3 Å². The number of amides is 2. The van der Waals surface area contributed by atoms with Crippen molar-refractivity contribution in [3.8, 4) is 0 Å². The summed E-state index contributed by atoms with van der Waals surface area (Å²) in [6, 6.07) is 0. The van der Waals surface area contributed by atoms with Gasteiger partial charge in [0.2, 0.25) is 5.91 Å². The summed E-state index contributed by atoms with van der Waals surface area (Å²) in [7, 11) is 1.93. The maximum absolute atomic E-state index is 12.9. The molecule has 1 N–H and O–H groups in total. The van der Waals surface area contributed by atoms with E-state index >= 15 is 0 Å². The summed E-state index contributed by atoms with van der Waals surface area (Å²) in [6.07, 6.45) is 10.7. The molecule has 0 bridgehead atoms. The maximum atomic E-state index is 12.9. The number of piperidine rings is 1. The molecule has 0 aromatic carbocycles. The fraction of sp³-hybridized carbons (Fsp3) is 0.783. The second-order valence-corrected chi connectivity index (χ2v) is 9.86. The van der Waals surface area contributed by atoms with E-state index in [-0.39, 0.29) is 17.4 Å². The third kappa shape index (κ3) is 3.88. The van der Waals surface area contributed by atoms with Crippen LogP contribution in [0.5, 0.6) is 0 Å². The molecule has 1 spiro atoms. The first-order valence-electron chi connectivity index (χ1n) is 11.8. The number of hydrogen-bond acceptors (Lipinski definition) is 4. The third-order valence-corrected chi connectivity index (χ3v) is 7.69. The quantitative estimate of drug-likeness (QED) is 0.822. The number of ether oxygens (including phenoxy) is 1. The minimum Gasteiger partial charge on any atom is -0.370 e. The van der Waals surface area contributed by atoms with Gasteiger partial charge in [0.15, 0.2) is 5.69 Å². The average molecular weight is 415 g/mol. The number of likely N-dealkylation sites (tertiary alicyclic amines) is 1. The average Bonchev–Trinajstić information content (AvgIpc) is 3.56. The van der Waals surface area contributed by atoms with E-state index in [9.17, 15) is 9.59 Å². The van der Waals surface area contributed by atoms with Crippen LogP contribution in [-0.4, -0.2) is 51.7 Å². The van der Waals surface area contributed by atoms with Crippen LogP contribution < -0.4 is 5.32 Å². The first-order valence-corrected chi connectivity index (χ1v) is 11.8. The molecule has 0 atom stereocenters. The molecule has 4 aliphatic rings. The van der Waals surface area contributed by atoms with Gasteiger partial charge in [0.25, 0.3) is 5.91 Å². The lowest BCUT2D eigenvalue weighted by Gasteiger charge is -2.44. The van der Waals surface area contributed by atoms with E-state index in [2.05, 4.69) is 15.3 Å². The van der Waals surface area contributed by atoms with Gasteiger partial charge in [-0.3, -0.25) is 14.3 Å². The molecule has 1 aromatic heterocycles. The van der Waals surface area contributed by atoms with E-state index in [0.29, 0.717) is 24.1 Å². The highest BCUT2D eigenvalue weighted by atomic mass is 16.5. The Hall–Kier alpha value is -1.89. The molecular formula is C23H34N4O3. The van der Waals surface area contributed by atoms with E-state index in [4.69, 9.17) is 4.74 Å². The number of nitrogens with one attached hydrogen (secondary N) is 1. The Labute approximate surface area is 178 Å². The van der Waals surface area contributed by atoms with E-state index < -0.39 is 0 Å². The Bertz CT molecular complexity index is 815. The molecule has 1 saturated heterocycles. The molecule has 1 aromatic rings. The van der Waals surface area contributed by atoms with Crippen LogP contribution in [0.1, 0.15) is 79.5 Å². The van der Waals surface area contributed by atoms with Crippen molar-refractivity contribution in [1.82, 2.24) is 20.0 Å². The summed E-state index contributed by atoms with van der Waals surface area (Å²) in [5, 5.41) is 7.56. The van der Waals surface area contributed by atoms with E-state index in [1.165, 1.54) is 32.1 Å². The molecule has 3 fully saturated rings. The Kier molecular flexibility index (Phi) is 5.33. The smallest absolute Gasteiger partial charge is 0.272 e. The van der Waals surface area contributed by atoms with Crippen LogP contribution >= 0.6 is 0 Å². The zero-order chi connectivity index (χ0) is 20.7. The van der Waals surface area contributed by atoms with Gasteiger partial charge in [-0.15, -0.1) is 0 Å². The Morgan fingerprint density at radius 3 is 2.57 bits per heavy atom. The highest BCUT2D eigenvalue weighted by molar-refractivity contribution is 5.94. The fourth-order valence-corrected chi connectivity index (χ4v) is 5.45. The Morgan fingerprint density at radius 2 is 1.87 bits per heavy atom. The predicted octanol–water partition coefficient (Wildman–Crippen LogP) is 2.57. The van der Waals surface area contributed by atoms with Crippen molar-refractivity contribution in [2.45, 2.75) is 76.4 Å². The molecular weight excluding hydrogens is 380 g/mol. The molecule has 0 radical (unpaired) electrons. The maximum Gasteiger partial charge on any atom is 0.272 e. The lowest BCUT2D eigenvalue weighted by atomic mass is 9.82. The largest absolute Gasteiger partial charge is 0.370 e. The summed E-state index contributed by atoms with van der Waals surface area (Å²) in [6.45, 7) is 2.74. The number of hydrogen-bond donors (Lipinski definition) is 1. The van der Waals surface area contributed by atoms with Gasteiger partial charge in [0.05, 0.1) is 12.2 Å². The molecule has 0 unspecified atom stereocenters. The van der Waals surface area contributed by atoms with Gasteiger partial charge >= 0.3 is 0 Å². The van der Waals surface area contributed by atoms with Crippen molar-refractivity contribution in [2.24, 2.45) is 18.9 Å². The molecule has 3 heterocycles. The zero-order valence-corrected chi connectivity index (χ0v) is 18.1. The minimum absolute atomic E-state index is 0.0776. The molecule has 2 saturated carbocycles. The summed E-state index contributed by atoms with van der Waals surface area (Å²) < 4.78 is 8.24. The monoisotopic (exact) mass is 414 g/mol. The van der Waals surface area contributed by atoms with Crippen LogP contribution in [0.15, 0.2) is 0 Å². The SMILES string of the molecule is Cn1nc(C(=O)NCC2CC2)c2c1CC1(CCN(C(=O)C3CCCCC3)CC1)OC2. The van der Waals surface area contributed by atoms with Crippen molar-refractivity contribution in [3.63, 3.8) is 0 Å². The summed E-state index contributed by atoms with van der Waals surface area (Å²) >= 11 is 0. The Morgan fingerprint density at radius 1 is 1.13 bits per heavy atom. The number of fused-ring (bicyclic) bond motifs is 1. The molecule has 7 heteroatoms. The van der Waals surface area contributed by atoms with Gasteiger partial charge in [-0.05, 0) is 44.4 Å². The lowest BCUT2D eigenvalue weighted by molar-refractivity contribution is -0.146. The highest BCUT2D eigenvalue weighted by Crippen LogP contribution is 2.38. The topological polar surface area (TPSA) is 76.5 Å². The molecule has 2 amide bonds. The molecule has 2 aliphatic heterocycles. The van der Waals surface area contributed by atoms with Gasteiger partial charge in [0, 0.05) is 50.3 Å². The number of rotatable bonds is 4. The number of aromatic nitrogens is 2. The second-order valence-electron chi connectivity index (χ2n) is 9.86. The molecule has 2 aliphatic carbocycles. The van der Waals surface area contributed by atoms with Crippen LogP contribution in [0.2, 0.25) is 0 Å². The van der Waals surface area contributed by atoms with E-state index in [1.807, 2.05) is 11.7 Å². The zero-order valence-electron chi connectivity index (χ0n) is 18.1. The molecule has 30 heavy (non-hydrogen) atoms. The van der Waals surface area contributed by atoms with Crippen molar-refractivity contribution in [1.29, 1.82) is 0 Å². The second kappa shape index (κ2) is 7.98. The number of nitrogens with zero attached hydrogens (tertiary/aromatic N) is 3. The van der Waals surface area contributed by atoms with Gasteiger partial charge in [-0.25, -0.2) is 0 Å². The van der Waals surface area contributed by atoms with E-state index in [1.54, 1.807) is 0 Å². The van der Waals surface area contributed by atoms with Crippen molar-refractivity contribution in [2.75, 3.05) is 19.6 Å². The van der Waals surface area contributed by atoms with Crippen LogP contribution in [0.25, 0.3) is 0 Å². The normalized spacial score (nSPS) is 24.0. The van der Waals surface area contributed by atoms with Crippen LogP contribution in [0.3, 0.4) is 0 Å². The first-order chi connectivity index (χ1) is 14.5. The first kappa shape index (κ1) is 20.0.